The Balaban J connectivity index is 2.66. The average molecular weight is 365 g/mol. The van der Waals surface area contributed by atoms with Crippen LogP contribution in [0.5, 0.6) is 0 Å². The molecule has 0 saturated carbocycles. The molecule has 17 heavy (non-hydrogen) atoms. The van der Waals surface area contributed by atoms with Crippen LogP contribution in [0.1, 0.15) is 37.9 Å². The second-order valence-corrected chi connectivity index (χ2v) is 7.18. The van der Waals surface area contributed by atoms with Crippen LogP contribution in [0, 0.1) is 16.4 Å². The summed E-state index contributed by atoms with van der Waals surface area (Å²) in [5.41, 5.74) is 2.47. The van der Waals surface area contributed by atoms with E-state index in [1.807, 2.05) is 0 Å². The Morgan fingerprint density at radius 2 is 2.00 bits per heavy atom. The maximum absolute atomic E-state index is 11.8. The zero-order chi connectivity index (χ0) is 13.0. The summed E-state index contributed by atoms with van der Waals surface area (Å²) in [5, 5.41) is 0. The van der Waals surface area contributed by atoms with Crippen molar-refractivity contribution in [1.29, 1.82) is 0 Å². The molecule has 1 aromatic carbocycles. The van der Waals surface area contributed by atoms with Crippen molar-refractivity contribution >= 4 is 33.6 Å². The van der Waals surface area contributed by atoms with Crippen LogP contribution in [0.25, 0.3) is 0 Å². The van der Waals surface area contributed by atoms with E-state index in [9.17, 15) is 4.21 Å². The first-order chi connectivity index (χ1) is 7.90. The molecule has 0 spiro atoms. The van der Waals surface area contributed by atoms with Gasteiger partial charge in [-0.25, -0.2) is 8.93 Å². The monoisotopic (exact) mass is 365 g/mol. The first-order valence-corrected chi connectivity index (χ1v) is 8.20. The minimum Gasteiger partial charge on any atom is -0.243 e. The molecule has 0 saturated heterocycles. The summed E-state index contributed by atoms with van der Waals surface area (Å²) in [6, 6.07) is 6.49. The fourth-order valence-electron chi connectivity index (χ4n) is 1.49. The van der Waals surface area contributed by atoms with Crippen molar-refractivity contribution in [2.75, 3.05) is 5.75 Å². The van der Waals surface area contributed by atoms with Crippen molar-refractivity contribution in [2.45, 2.75) is 33.7 Å². The van der Waals surface area contributed by atoms with Gasteiger partial charge in [0.2, 0.25) is 0 Å². The molecule has 0 aliphatic rings. The summed E-state index contributed by atoms with van der Waals surface area (Å²) in [6.07, 6.45) is 0. The van der Waals surface area contributed by atoms with Gasteiger partial charge in [0, 0.05) is 15.4 Å². The predicted octanol–water partition coefficient (Wildman–Crippen LogP) is 3.57. The zero-order valence-electron chi connectivity index (χ0n) is 10.8. The Kier molecular flexibility index (Phi) is 6.09. The van der Waals surface area contributed by atoms with E-state index in [0.717, 1.165) is 0 Å². The van der Waals surface area contributed by atoms with E-state index in [1.165, 1.54) is 14.7 Å². The molecular formula is C13H20INOS. The van der Waals surface area contributed by atoms with Gasteiger partial charge in [0.05, 0.1) is 11.0 Å². The topological polar surface area (TPSA) is 29.1 Å². The van der Waals surface area contributed by atoms with Crippen LogP contribution in [0.3, 0.4) is 0 Å². The Morgan fingerprint density at radius 1 is 1.35 bits per heavy atom. The second kappa shape index (κ2) is 6.85. The molecule has 0 heterocycles. The number of hydrogen-bond donors (Lipinski definition) is 1. The lowest BCUT2D eigenvalue weighted by Crippen LogP contribution is -2.25. The largest absolute Gasteiger partial charge is 0.243 e. The SMILES string of the molecule is Cc1ccc(C(C)NS(=O)CC(C)C)cc1I. The number of hydrogen-bond acceptors (Lipinski definition) is 1. The fourth-order valence-corrected chi connectivity index (χ4v) is 3.27. The molecule has 96 valence electrons. The number of nitrogens with one attached hydrogen (secondary N) is 1. The van der Waals surface area contributed by atoms with Crippen molar-refractivity contribution in [3.63, 3.8) is 0 Å². The smallest absolute Gasteiger partial charge is 0.0923 e. The molecule has 0 aliphatic carbocycles. The lowest BCUT2D eigenvalue weighted by molar-refractivity contribution is 0.635. The first kappa shape index (κ1) is 15.1. The van der Waals surface area contributed by atoms with Crippen LogP contribution in [0.4, 0.5) is 0 Å². The number of benzene rings is 1. The molecule has 2 unspecified atom stereocenters. The highest BCUT2D eigenvalue weighted by Gasteiger charge is 2.10. The van der Waals surface area contributed by atoms with Gasteiger partial charge in [0.25, 0.3) is 0 Å². The zero-order valence-corrected chi connectivity index (χ0v) is 13.8. The molecule has 0 bridgehead atoms. The minimum absolute atomic E-state index is 0.128. The van der Waals surface area contributed by atoms with Crippen molar-refractivity contribution in [1.82, 2.24) is 4.72 Å². The average Bonchev–Trinajstić information content (AvgIpc) is 2.20. The van der Waals surface area contributed by atoms with Crippen molar-refractivity contribution < 1.29 is 4.21 Å². The molecule has 2 nitrogen and oxygen atoms in total. The normalized spacial score (nSPS) is 14.9. The third-order valence-corrected chi connectivity index (χ3v) is 5.24. The number of aryl methyl sites for hydroxylation is 1. The van der Waals surface area contributed by atoms with Gasteiger partial charge >= 0.3 is 0 Å². The number of rotatable bonds is 5. The van der Waals surface area contributed by atoms with Crippen LogP contribution in [-0.4, -0.2) is 9.96 Å². The fraction of sp³-hybridized carbons (Fsp3) is 0.538. The van der Waals surface area contributed by atoms with Crippen LogP contribution in [-0.2, 0) is 11.0 Å². The third kappa shape index (κ3) is 5.06. The maximum Gasteiger partial charge on any atom is 0.0923 e. The standard InChI is InChI=1S/C13H20INOS/c1-9(2)8-17(16)15-11(4)12-6-5-10(3)13(14)7-12/h5-7,9,11,15H,8H2,1-4H3. The lowest BCUT2D eigenvalue weighted by Gasteiger charge is -2.15. The number of halogens is 1. The van der Waals surface area contributed by atoms with Gasteiger partial charge in [-0.15, -0.1) is 0 Å². The van der Waals surface area contributed by atoms with Crippen LogP contribution < -0.4 is 4.72 Å². The Bertz CT molecular complexity index is 406. The molecule has 0 aliphatic heterocycles. The van der Waals surface area contributed by atoms with Crippen molar-refractivity contribution in [2.24, 2.45) is 5.92 Å². The van der Waals surface area contributed by atoms with E-state index in [0.29, 0.717) is 11.7 Å². The van der Waals surface area contributed by atoms with E-state index in [1.54, 1.807) is 0 Å². The highest BCUT2D eigenvalue weighted by molar-refractivity contribution is 14.1. The molecule has 1 N–H and O–H groups in total. The molecule has 4 heteroatoms. The molecule has 0 radical (unpaired) electrons. The van der Waals surface area contributed by atoms with Crippen LogP contribution in [0.15, 0.2) is 18.2 Å². The van der Waals surface area contributed by atoms with Gasteiger partial charge in [-0.3, -0.25) is 0 Å². The lowest BCUT2D eigenvalue weighted by atomic mass is 10.1. The van der Waals surface area contributed by atoms with Crippen molar-refractivity contribution in [3.8, 4) is 0 Å². The summed E-state index contributed by atoms with van der Waals surface area (Å²) >= 11 is 2.33. The molecule has 0 amide bonds. The Hall–Kier alpha value is 0.0600. The van der Waals surface area contributed by atoms with Gasteiger partial charge in [0.15, 0.2) is 0 Å². The maximum atomic E-state index is 11.8. The van der Waals surface area contributed by atoms with E-state index in [-0.39, 0.29) is 6.04 Å². The van der Waals surface area contributed by atoms with E-state index >= 15 is 0 Å². The summed E-state index contributed by atoms with van der Waals surface area (Å²) in [4.78, 5) is 0. The summed E-state index contributed by atoms with van der Waals surface area (Å²) < 4.78 is 16.2. The van der Waals surface area contributed by atoms with Crippen LogP contribution in [0.2, 0.25) is 0 Å². The summed E-state index contributed by atoms with van der Waals surface area (Å²) in [7, 11) is -0.945. The van der Waals surface area contributed by atoms with Gasteiger partial charge < -0.3 is 0 Å². The third-order valence-electron chi connectivity index (χ3n) is 2.49. The van der Waals surface area contributed by atoms with Crippen LogP contribution >= 0.6 is 22.6 Å². The van der Waals surface area contributed by atoms with Gasteiger partial charge in [-0.2, -0.15) is 0 Å². The Labute approximate surface area is 120 Å². The Morgan fingerprint density at radius 3 is 2.53 bits per heavy atom. The van der Waals surface area contributed by atoms with Crippen molar-refractivity contribution in [3.05, 3.63) is 32.9 Å². The van der Waals surface area contributed by atoms with Gasteiger partial charge in [0.1, 0.15) is 0 Å². The molecule has 0 aromatic heterocycles. The predicted molar refractivity (Wildman–Crippen MR) is 83.3 cm³/mol. The molecule has 2 atom stereocenters. The highest BCUT2D eigenvalue weighted by Crippen LogP contribution is 2.19. The molecular weight excluding hydrogens is 345 g/mol. The van der Waals surface area contributed by atoms with Gasteiger partial charge in [-0.1, -0.05) is 26.0 Å². The quantitative estimate of drug-likeness (QED) is 0.795. The van der Waals surface area contributed by atoms with E-state index < -0.39 is 11.0 Å². The molecule has 1 rings (SSSR count). The summed E-state index contributed by atoms with van der Waals surface area (Å²) in [5.74, 6) is 1.15. The highest BCUT2D eigenvalue weighted by atomic mass is 127. The molecule has 0 fully saturated rings. The van der Waals surface area contributed by atoms with Gasteiger partial charge in [-0.05, 0) is 59.5 Å². The van der Waals surface area contributed by atoms with E-state index in [2.05, 4.69) is 73.2 Å². The van der Waals surface area contributed by atoms with E-state index in [4.69, 9.17) is 0 Å². The second-order valence-electron chi connectivity index (χ2n) is 4.75. The minimum atomic E-state index is -0.945. The summed E-state index contributed by atoms with van der Waals surface area (Å²) in [6.45, 7) is 8.32. The molecule has 1 aromatic rings. The first-order valence-electron chi connectivity index (χ1n) is 5.80.